The molecular formula is C7H11NO5S. The number of hydrogen-bond donors (Lipinski definition) is 4. The van der Waals surface area contributed by atoms with Gasteiger partial charge in [0.1, 0.15) is 6.54 Å². The van der Waals surface area contributed by atoms with Crippen LogP contribution in [0.25, 0.3) is 0 Å². The number of carboxylic acids is 2. The van der Waals surface area contributed by atoms with Gasteiger partial charge >= 0.3 is 11.9 Å². The number of carboxylic acid groups (broad SMARTS) is 2. The Labute approximate surface area is 85.7 Å². The number of thiol groups is 1. The first-order valence-electron chi connectivity index (χ1n) is 3.83. The van der Waals surface area contributed by atoms with Crippen LogP contribution in [0.1, 0.15) is 12.8 Å². The van der Waals surface area contributed by atoms with Gasteiger partial charge in [0.2, 0.25) is 5.91 Å². The van der Waals surface area contributed by atoms with Crippen LogP contribution in [0.5, 0.6) is 0 Å². The predicted octanol–water partition coefficient (Wildman–Crippen LogP) is -0.650. The molecule has 0 aromatic carbocycles. The molecule has 80 valence electrons. The smallest absolute Gasteiger partial charge is 0.322 e. The fourth-order valence-corrected chi connectivity index (χ4v) is 0.892. The molecule has 0 radical (unpaired) electrons. The third-order valence-electron chi connectivity index (χ3n) is 1.35. The molecule has 0 spiro atoms. The SMILES string of the molecule is O=C(O)CCC(S)C(=O)NCC(=O)O. The quantitative estimate of drug-likeness (QED) is 0.446. The van der Waals surface area contributed by atoms with Gasteiger partial charge in [-0.2, -0.15) is 12.6 Å². The Kier molecular flexibility index (Phi) is 5.70. The molecule has 6 nitrogen and oxygen atoms in total. The molecule has 0 bridgehead atoms. The molecule has 0 saturated heterocycles. The number of carbonyl (C=O) groups excluding carboxylic acids is 1. The highest BCUT2D eigenvalue weighted by Crippen LogP contribution is 2.04. The van der Waals surface area contributed by atoms with Crippen molar-refractivity contribution < 1.29 is 24.6 Å². The summed E-state index contributed by atoms with van der Waals surface area (Å²) < 4.78 is 0. The lowest BCUT2D eigenvalue weighted by molar-refractivity contribution is -0.139. The Morgan fingerprint density at radius 2 is 1.79 bits per heavy atom. The Balaban J connectivity index is 3.76. The zero-order valence-corrected chi connectivity index (χ0v) is 8.16. The maximum Gasteiger partial charge on any atom is 0.322 e. The summed E-state index contributed by atoms with van der Waals surface area (Å²) in [4.78, 5) is 31.2. The predicted molar refractivity (Wildman–Crippen MR) is 50.3 cm³/mol. The summed E-state index contributed by atoms with van der Waals surface area (Å²) >= 11 is 3.83. The van der Waals surface area contributed by atoms with E-state index in [2.05, 4.69) is 17.9 Å². The molecule has 1 amide bonds. The van der Waals surface area contributed by atoms with E-state index < -0.39 is 29.6 Å². The van der Waals surface area contributed by atoms with Crippen LogP contribution in [-0.4, -0.2) is 39.9 Å². The second kappa shape index (κ2) is 6.25. The molecule has 1 atom stereocenters. The maximum atomic E-state index is 11.0. The van der Waals surface area contributed by atoms with Crippen molar-refractivity contribution in [2.75, 3.05) is 6.54 Å². The van der Waals surface area contributed by atoms with E-state index in [0.29, 0.717) is 0 Å². The number of amides is 1. The molecule has 7 heteroatoms. The van der Waals surface area contributed by atoms with E-state index in [1.807, 2.05) is 0 Å². The Morgan fingerprint density at radius 3 is 2.21 bits per heavy atom. The second-order valence-corrected chi connectivity index (χ2v) is 3.18. The largest absolute Gasteiger partial charge is 0.481 e. The molecule has 0 aliphatic rings. The molecule has 0 heterocycles. The van der Waals surface area contributed by atoms with E-state index in [-0.39, 0.29) is 12.8 Å². The van der Waals surface area contributed by atoms with Crippen molar-refractivity contribution in [3.8, 4) is 0 Å². The van der Waals surface area contributed by atoms with Gasteiger partial charge < -0.3 is 15.5 Å². The first-order chi connectivity index (χ1) is 6.43. The molecule has 0 aromatic rings. The molecule has 0 fully saturated rings. The topological polar surface area (TPSA) is 104 Å². The van der Waals surface area contributed by atoms with Gasteiger partial charge in [-0.1, -0.05) is 0 Å². The molecule has 0 aromatic heterocycles. The second-order valence-electron chi connectivity index (χ2n) is 2.56. The summed E-state index contributed by atoms with van der Waals surface area (Å²) in [6.45, 7) is -0.483. The Morgan fingerprint density at radius 1 is 1.21 bits per heavy atom. The van der Waals surface area contributed by atoms with Crippen molar-refractivity contribution in [3.05, 3.63) is 0 Å². The van der Waals surface area contributed by atoms with Crippen LogP contribution in [0.4, 0.5) is 0 Å². The maximum absolute atomic E-state index is 11.0. The van der Waals surface area contributed by atoms with Crippen LogP contribution < -0.4 is 5.32 Å². The highest BCUT2D eigenvalue weighted by atomic mass is 32.1. The number of aliphatic carboxylic acids is 2. The van der Waals surface area contributed by atoms with Crippen LogP contribution >= 0.6 is 12.6 Å². The van der Waals surface area contributed by atoms with Crippen molar-refractivity contribution in [1.82, 2.24) is 5.32 Å². The van der Waals surface area contributed by atoms with E-state index in [1.165, 1.54) is 0 Å². The van der Waals surface area contributed by atoms with E-state index in [0.717, 1.165) is 0 Å². The molecular weight excluding hydrogens is 210 g/mol. The average Bonchev–Trinajstić information content (AvgIpc) is 2.09. The highest BCUT2D eigenvalue weighted by Gasteiger charge is 2.15. The lowest BCUT2D eigenvalue weighted by Crippen LogP contribution is -2.35. The monoisotopic (exact) mass is 221 g/mol. The van der Waals surface area contributed by atoms with Crippen molar-refractivity contribution >= 4 is 30.5 Å². The van der Waals surface area contributed by atoms with Crippen molar-refractivity contribution in [3.63, 3.8) is 0 Å². The normalized spacial score (nSPS) is 11.8. The first-order valence-corrected chi connectivity index (χ1v) is 4.34. The minimum Gasteiger partial charge on any atom is -0.481 e. The number of nitrogens with one attached hydrogen (secondary N) is 1. The summed E-state index contributed by atoms with van der Waals surface area (Å²) in [5.74, 6) is -2.75. The number of hydrogen-bond acceptors (Lipinski definition) is 4. The summed E-state index contributed by atoms with van der Waals surface area (Å²) in [5.41, 5.74) is 0. The molecule has 0 saturated carbocycles. The lowest BCUT2D eigenvalue weighted by Gasteiger charge is -2.08. The zero-order valence-electron chi connectivity index (χ0n) is 7.27. The van der Waals surface area contributed by atoms with E-state index in [1.54, 1.807) is 0 Å². The standard InChI is InChI=1S/C7H11NO5S/c9-5(10)2-1-4(14)7(13)8-3-6(11)12/h4,14H,1-3H2,(H,8,13)(H,9,10)(H,11,12). The third-order valence-corrected chi connectivity index (χ3v) is 1.84. The van der Waals surface area contributed by atoms with Crippen molar-refractivity contribution in [2.45, 2.75) is 18.1 Å². The van der Waals surface area contributed by atoms with Crippen LogP contribution in [0, 0.1) is 0 Å². The van der Waals surface area contributed by atoms with E-state index >= 15 is 0 Å². The van der Waals surface area contributed by atoms with Gasteiger partial charge in [0, 0.05) is 6.42 Å². The molecule has 0 aliphatic heterocycles. The van der Waals surface area contributed by atoms with Crippen molar-refractivity contribution in [1.29, 1.82) is 0 Å². The fraction of sp³-hybridized carbons (Fsp3) is 0.571. The molecule has 14 heavy (non-hydrogen) atoms. The molecule has 0 aliphatic carbocycles. The lowest BCUT2D eigenvalue weighted by atomic mass is 10.2. The Bertz CT molecular complexity index is 242. The molecule has 3 N–H and O–H groups in total. The number of rotatable bonds is 6. The van der Waals surface area contributed by atoms with Gasteiger partial charge in [-0.15, -0.1) is 0 Å². The van der Waals surface area contributed by atoms with Gasteiger partial charge in [0.15, 0.2) is 0 Å². The van der Waals surface area contributed by atoms with E-state index in [9.17, 15) is 14.4 Å². The van der Waals surface area contributed by atoms with Gasteiger partial charge in [-0.05, 0) is 6.42 Å². The Hall–Kier alpha value is -1.24. The highest BCUT2D eigenvalue weighted by molar-refractivity contribution is 7.81. The third kappa shape index (κ3) is 6.30. The minimum atomic E-state index is -1.16. The first kappa shape index (κ1) is 12.8. The van der Waals surface area contributed by atoms with Gasteiger partial charge in [0.25, 0.3) is 0 Å². The van der Waals surface area contributed by atoms with Crippen molar-refractivity contribution in [2.24, 2.45) is 0 Å². The summed E-state index contributed by atoms with van der Waals surface area (Å²) in [6.07, 6.45) is -0.0987. The molecule has 0 rings (SSSR count). The molecule has 1 unspecified atom stereocenters. The average molecular weight is 221 g/mol. The summed E-state index contributed by atoms with van der Waals surface area (Å²) in [5, 5.41) is 17.8. The minimum absolute atomic E-state index is 0.0733. The van der Waals surface area contributed by atoms with Crippen LogP contribution in [0.2, 0.25) is 0 Å². The van der Waals surface area contributed by atoms with Crippen LogP contribution in [-0.2, 0) is 14.4 Å². The summed E-state index contributed by atoms with van der Waals surface area (Å²) in [7, 11) is 0. The van der Waals surface area contributed by atoms with E-state index in [4.69, 9.17) is 10.2 Å². The van der Waals surface area contributed by atoms with Crippen LogP contribution in [0.3, 0.4) is 0 Å². The summed E-state index contributed by atoms with van der Waals surface area (Å²) in [6, 6.07) is 0. The zero-order chi connectivity index (χ0) is 11.1. The van der Waals surface area contributed by atoms with Gasteiger partial charge in [-0.3, -0.25) is 14.4 Å². The van der Waals surface area contributed by atoms with Gasteiger partial charge in [-0.25, -0.2) is 0 Å². The fourth-order valence-electron chi connectivity index (χ4n) is 0.672. The van der Waals surface area contributed by atoms with Gasteiger partial charge in [0.05, 0.1) is 5.25 Å². The number of carbonyl (C=O) groups is 3. The van der Waals surface area contributed by atoms with Crippen LogP contribution in [0.15, 0.2) is 0 Å².